The Kier molecular flexibility index (Phi) is 5.90. The van der Waals surface area contributed by atoms with Crippen LogP contribution in [0.4, 0.5) is 0 Å². The predicted octanol–water partition coefficient (Wildman–Crippen LogP) is 3.27. The summed E-state index contributed by atoms with van der Waals surface area (Å²) in [6.07, 6.45) is 6.50. The molecule has 0 amide bonds. The minimum Gasteiger partial charge on any atom is -0.488 e. The Labute approximate surface area is 108 Å². The minimum absolute atomic E-state index is 0.272. The number of hydrogen-bond acceptors (Lipinski definition) is 2. The third kappa shape index (κ3) is 5.12. The molecule has 0 heterocycles. The fourth-order valence-electron chi connectivity index (χ4n) is 1.48. The molecule has 1 N–H and O–H groups in total. The summed E-state index contributed by atoms with van der Waals surface area (Å²) < 4.78 is 5.60. The Hall–Kier alpha value is -1.17. The van der Waals surface area contributed by atoms with Crippen molar-refractivity contribution in [1.29, 1.82) is 0 Å². The van der Waals surface area contributed by atoms with Crippen molar-refractivity contribution < 1.29 is 9.84 Å². The van der Waals surface area contributed by atoms with Crippen LogP contribution in [0.1, 0.15) is 26.2 Å². The average molecular weight is 253 g/mol. The first-order chi connectivity index (χ1) is 8.13. The van der Waals surface area contributed by atoms with E-state index in [0.717, 1.165) is 6.42 Å². The van der Waals surface area contributed by atoms with Crippen LogP contribution >= 0.6 is 11.6 Å². The van der Waals surface area contributed by atoms with Gasteiger partial charge in [0.2, 0.25) is 0 Å². The zero-order valence-corrected chi connectivity index (χ0v) is 10.7. The van der Waals surface area contributed by atoms with Gasteiger partial charge in [-0.25, -0.2) is 0 Å². The highest BCUT2D eigenvalue weighted by Crippen LogP contribution is 2.19. The lowest BCUT2D eigenvalue weighted by Gasteiger charge is -2.20. The van der Waals surface area contributed by atoms with Gasteiger partial charge in [-0.2, -0.15) is 0 Å². The van der Waals surface area contributed by atoms with E-state index in [-0.39, 0.29) is 6.10 Å². The van der Waals surface area contributed by atoms with E-state index < -0.39 is 6.10 Å². The SMILES string of the molecule is C#CCCCC(O)C(C)Oc1cccc(Cl)c1. The molecule has 0 aromatic heterocycles. The minimum atomic E-state index is -0.512. The fourth-order valence-corrected chi connectivity index (χ4v) is 1.66. The maximum atomic E-state index is 9.85. The molecule has 1 rings (SSSR count). The third-order valence-corrected chi connectivity index (χ3v) is 2.72. The summed E-state index contributed by atoms with van der Waals surface area (Å²) in [4.78, 5) is 0. The summed E-state index contributed by atoms with van der Waals surface area (Å²) in [7, 11) is 0. The Balaban J connectivity index is 2.43. The van der Waals surface area contributed by atoms with Gasteiger partial charge < -0.3 is 9.84 Å². The maximum Gasteiger partial charge on any atom is 0.122 e. The molecule has 0 aliphatic heterocycles. The number of aliphatic hydroxyl groups excluding tert-OH is 1. The van der Waals surface area contributed by atoms with Gasteiger partial charge in [0.15, 0.2) is 0 Å². The molecule has 0 fully saturated rings. The second kappa shape index (κ2) is 7.21. The van der Waals surface area contributed by atoms with Gasteiger partial charge >= 0.3 is 0 Å². The molecule has 0 bridgehead atoms. The molecular weight excluding hydrogens is 236 g/mol. The van der Waals surface area contributed by atoms with Crippen molar-refractivity contribution >= 4 is 11.6 Å². The van der Waals surface area contributed by atoms with Crippen LogP contribution < -0.4 is 4.74 Å². The van der Waals surface area contributed by atoms with E-state index in [4.69, 9.17) is 22.8 Å². The average Bonchev–Trinajstić information content (AvgIpc) is 2.29. The van der Waals surface area contributed by atoms with Crippen molar-refractivity contribution in [3.8, 4) is 18.1 Å². The Morgan fingerprint density at radius 2 is 2.29 bits per heavy atom. The third-order valence-electron chi connectivity index (χ3n) is 2.48. The summed E-state index contributed by atoms with van der Waals surface area (Å²) in [6, 6.07) is 7.14. The van der Waals surface area contributed by atoms with Crippen LogP contribution in [-0.4, -0.2) is 17.3 Å². The lowest BCUT2D eigenvalue weighted by atomic mass is 10.1. The molecule has 92 valence electrons. The van der Waals surface area contributed by atoms with E-state index in [1.807, 2.05) is 19.1 Å². The van der Waals surface area contributed by atoms with Crippen LogP contribution in [-0.2, 0) is 0 Å². The van der Waals surface area contributed by atoms with Gasteiger partial charge in [-0.05, 0) is 38.0 Å². The van der Waals surface area contributed by atoms with Crippen molar-refractivity contribution in [3.05, 3.63) is 29.3 Å². The van der Waals surface area contributed by atoms with E-state index in [1.54, 1.807) is 12.1 Å². The lowest BCUT2D eigenvalue weighted by molar-refractivity contribution is 0.0407. The van der Waals surface area contributed by atoms with Gasteiger partial charge in [0.05, 0.1) is 6.10 Å². The number of hydrogen-bond donors (Lipinski definition) is 1. The number of aliphatic hydroxyl groups is 1. The van der Waals surface area contributed by atoms with Crippen LogP contribution in [0, 0.1) is 12.3 Å². The van der Waals surface area contributed by atoms with Crippen LogP contribution in [0.5, 0.6) is 5.75 Å². The van der Waals surface area contributed by atoms with Crippen molar-refractivity contribution in [2.75, 3.05) is 0 Å². The highest BCUT2D eigenvalue weighted by atomic mass is 35.5. The number of unbranched alkanes of at least 4 members (excludes halogenated alkanes) is 1. The zero-order valence-electron chi connectivity index (χ0n) is 9.90. The van der Waals surface area contributed by atoms with Gasteiger partial charge in [0.25, 0.3) is 0 Å². The largest absolute Gasteiger partial charge is 0.488 e. The van der Waals surface area contributed by atoms with Crippen LogP contribution in [0.3, 0.4) is 0 Å². The molecule has 0 spiro atoms. The van der Waals surface area contributed by atoms with E-state index in [2.05, 4.69) is 5.92 Å². The number of benzene rings is 1. The fraction of sp³-hybridized carbons (Fsp3) is 0.429. The van der Waals surface area contributed by atoms with Gasteiger partial charge in [-0.1, -0.05) is 17.7 Å². The molecule has 2 unspecified atom stereocenters. The predicted molar refractivity (Wildman–Crippen MR) is 70.2 cm³/mol. The van der Waals surface area contributed by atoms with Crippen LogP contribution in [0.25, 0.3) is 0 Å². The lowest BCUT2D eigenvalue weighted by Crippen LogP contribution is -2.28. The number of halogens is 1. The first-order valence-corrected chi connectivity index (χ1v) is 6.05. The molecule has 2 nitrogen and oxygen atoms in total. The Morgan fingerprint density at radius 3 is 2.94 bits per heavy atom. The highest BCUT2D eigenvalue weighted by Gasteiger charge is 2.15. The van der Waals surface area contributed by atoms with Gasteiger partial charge in [-0.15, -0.1) is 12.3 Å². The molecule has 2 atom stereocenters. The molecule has 0 aliphatic carbocycles. The van der Waals surface area contributed by atoms with Gasteiger partial charge in [-0.3, -0.25) is 0 Å². The molecule has 1 aromatic rings. The molecule has 0 saturated carbocycles. The van der Waals surface area contributed by atoms with E-state index in [9.17, 15) is 5.11 Å². The van der Waals surface area contributed by atoms with Crippen molar-refractivity contribution in [2.45, 2.75) is 38.4 Å². The standard InChI is InChI=1S/C14H17ClO2/c1-3-4-5-9-14(16)11(2)17-13-8-6-7-12(15)10-13/h1,6-8,10-11,14,16H,4-5,9H2,2H3. The van der Waals surface area contributed by atoms with Crippen LogP contribution in [0.2, 0.25) is 5.02 Å². The van der Waals surface area contributed by atoms with Crippen LogP contribution in [0.15, 0.2) is 24.3 Å². The zero-order chi connectivity index (χ0) is 12.7. The molecule has 0 radical (unpaired) electrons. The van der Waals surface area contributed by atoms with E-state index in [1.165, 1.54) is 0 Å². The first-order valence-electron chi connectivity index (χ1n) is 5.67. The first kappa shape index (κ1) is 13.9. The Morgan fingerprint density at radius 1 is 1.53 bits per heavy atom. The van der Waals surface area contributed by atoms with Gasteiger partial charge in [0, 0.05) is 11.4 Å². The summed E-state index contributed by atoms with van der Waals surface area (Å²) in [5.74, 6) is 3.22. The second-order valence-electron chi connectivity index (χ2n) is 3.94. The number of rotatable bonds is 6. The summed E-state index contributed by atoms with van der Waals surface area (Å²) >= 11 is 5.85. The number of terminal acetylenes is 1. The van der Waals surface area contributed by atoms with Crippen molar-refractivity contribution in [1.82, 2.24) is 0 Å². The van der Waals surface area contributed by atoms with E-state index >= 15 is 0 Å². The Bertz CT molecular complexity index is 384. The summed E-state index contributed by atoms with van der Waals surface area (Å²) in [6.45, 7) is 1.83. The molecule has 3 heteroatoms. The smallest absolute Gasteiger partial charge is 0.122 e. The topological polar surface area (TPSA) is 29.5 Å². The summed E-state index contributed by atoms with van der Waals surface area (Å²) in [5, 5.41) is 10.5. The molecule has 1 aromatic carbocycles. The molecule has 0 saturated heterocycles. The number of ether oxygens (including phenoxy) is 1. The van der Waals surface area contributed by atoms with E-state index in [0.29, 0.717) is 23.6 Å². The second-order valence-corrected chi connectivity index (χ2v) is 4.38. The molecule has 0 aliphatic rings. The normalized spacial score (nSPS) is 13.8. The van der Waals surface area contributed by atoms with Crippen molar-refractivity contribution in [3.63, 3.8) is 0 Å². The monoisotopic (exact) mass is 252 g/mol. The summed E-state index contributed by atoms with van der Waals surface area (Å²) in [5.41, 5.74) is 0. The molecule has 17 heavy (non-hydrogen) atoms. The maximum absolute atomic E-state index is 9.85. The van der Waals surface area contributed by atoms with Gasteiger partial charge in [0.1, 0.15) is 11.9 Å². The van der Waals surface area contributed by atoms with Crippen molar-refractivity contribution in [2.24, 2.45) is 0 Å². The molecular formula is C14H17ClO2. The highest BCUT2D eigenvalue weighted by molar-refractivity contribution is 6.30. The quantitative estimate of drug-likeness (QED) is 0.622.